The van der Waals surface area contributed by atoms with E-state index in [2.05, 4.69) is 22.4 Å². The Morgan fingerprint density at radius 3 is 2.63 bits per heavy atom. The second-order valence-corrected chi connectivity index (χ2v) is 7.70. The van der Waals surface area contributed by atoms with Gasteiger partial charge in [-0.25, -0.2) is 9.78 Å². The maximum absolute atomic E-state index is 12.7. The number of likely N-dealkylation sites (tertiary alicyclic amines) is 1. The van der Waals surface area contributed by atoms with Gasteiger partial charge >= 0.3 is 6.09 Å². The Morgan fingerprint density at radius 1 is 1.26 bits per heavy atom. The van der Waals surface area contributed by atoms with Crippen LogP contribution in [0.1, 0.15) is 45.7 Å². The summed E-state index contributed by atoms with van der Waals surface area (Å²) in [6, 6.07) is 10.2. The van der Waals surface area contributed by atoms with Crippen LogP contribution in [0.15, 0.2) is 30.3 Å². The summed E-state index contributed by atoms with van der Waals surface area (Å²) in [5.41, 5.74) is 1.96. The van der Waals surface area contributed by atoms with E-state index in [0.717, 1.165) is 30.0 Å². The quantitative estimate of drug-likeness (QED) is 0.854. The highest BCUT2D eigenvalue weighted by molar-refractivity contribution is 7.13. The number of aromatic nitrogens is 1. The average Bonchev–Trinajstić information content (AvgIpc) is 3.03. The fraction of sp³-hybridized carbons (Fsp3) is 0.450. The third-order valence-corrected chi connectivity index (χ3v) is 5.76. The smallest absolute Gasteiger partial charge is 0.409 e. The Kier molecular flexibility index (Phi) is 6.45. The lowest BCUT2D eigenvalue weighted by atomic mass is 10.1. The van der Waals surface area contributed by atoms with Crippen molar-refractivity contribution in [3.05, 3.63) is 51.5 Å². The number of carbonyl (C=O) groups excluding carboxylic acids is 2. The number of rotatable bonds is 5. The van der Waals surface area contributed by atoms with E-state index < -0.39 is 0 Å². The van der Waals surface area contributed by atoms with Gasteiger partial charge in [0.05, 0.1) is 17.3 Å². The van der Waals surface area contributed by atoms with Gasteiger partial charge in [-0.2, -0.15) is 0 Å². The lowest BCUT2D eigenvalue weighted by molar-refractivity contribution is 0.0862. The van der Waals surface area contributed by atoms with E-state index in [1.807, 2.05) is 25.1 Å². The number of amides is 2. The van der Waals surface area contributed by atoms with Crippen molar-refractivity contribution >= 4 is 23.3 Å². The molecule has 0 radical (unpaired) electrons. The fourth-order valence-corrected chi connectivity index (χ4v) is 4.18. The highest BCUT2D eigenvalue weighted by atomic mass is 32.1. The van der Waals surface area contributed by atoms with Crippen LogP contribution in [0.2, 0.25) is 0 Å². The number of aryl methyl sites for hydroxylation is 1. The van der Waals surface area contributed by atoms with Crippen LogP contribution < -0.4 is 5.32 Å². The summed E-state index contributed by atoms with van der Waals surface area (Å²) in [7, 11) is 0. The van der Waals surface area contributed by atoms with Crippen LogP contribution in [-0.2, 0) is 11.2 Å². The maximum atomic E-state index is 12.7. The third kappa shape index (κ3) is 5.07. The summed E-state index contributed by atoms with van der Waals surface area (Å²) in [4.78, 5) is 31.4. The lowest BCUT2D eigenvalue weighted by Gasteiger charge is -2.31. The normalized spacial score (nSPS) is 14.8. The molecule has 0 spiro atoms. The number of carbonyl (C=O) groups is 2. The van der Waals surface area contributed by atoms with Crippen molar-refractivity contribution in [1.82, 2.24) is 15.2 Å². The molecule has 2 heterocycles. The predicted octanol–water partition coefficient (Wildman–Crippen LogP) is 3.39. The summed E-state index contributed by atoms with van der Waals surface area (Å²) in [6.45, 7) is 5.26. The Balaban J connectivity index is 1.55. The van der Waals surface area contributed by atoms with Crippen LogP contribution in [0, 0.1) is 6.92 Å². The number of hydrogen-bond acceptors (Lipinski definition) is 5. The SMILES string of the molecule is CCOC(=O)N1CCC(NC(=O)c2sc(Cc3ccccc3)nc2C)CC1. The van der Waals surface area contributed by atoms with Crippen molar-refractivity contribution in [2.45, 2.75) is 39.2 Å². The average molecular weight is 388 g/mol. The molecule has 144 valence electrons. The van der Waals surface area contributed by atoms with E-state index in [4.69, 9.17) is 4.74 Å². The first-order valence-electron chi connectivity index (χ1n) is 9.29. The molecule has 2 aromatic rings. The first kappa shape index (κ1) is 19.4. The molecular weight excluding hydrogens is 362 g/mol. The third-order valence-electron chi connectivity index (χ3n) is 4.60. The molecule has 1 fully saturated rings. The summed E-state index contributed by atoms with van der Waals surface area (Å²) in [6.07, 6.45) is 1.93. The monoisotopic (exact) mass is 387 g/mol. The molecule has 6 nitrogen and oxygen atoms in total. The molecule has 0 unspecified atom stereocenters. The Morgan fingerprint density at radius 2 is 1.96 bits per heavy atom. The molecule has 3 rings (SSSR count). The van der Waals surface area contributed by atoms with E-state index in [0.29, 0.717) is 24.6 Å². The topological polar surface area (TPSA) is 71.5 Å². The number of thiazole rings is 1. The van der Waals surface area contributed by atoms with Crippen molar-refractivity contribution in [2.24, 2.45) is 0 Å². The van der Waals surface area contributed by atoms with Crippen LogP contribution in [-0.4, -0.2) is 47.6 Å². The van der Waals surface area contributed by atoms with Crippen molar-refractivity contribution in [2.75, 3.05) is 19.7 Å². The zero-order chi connectivity index (χ0) is 19.2. The lowest BCUT2D eigenvalue weighted by Crippen LogP contribution is -2.46. The van der Waals surface area contributed by atoms with E-state index >= 15 is 0 Å². The molecule has 0 saturated carbocycles. The van der Waals surface area contributed by atoms with E-state index in [1.54, 1.807) is 11.8 Å². The minimum absolute atomic E-state index is 0.0705. The largest absolute Gasteiger partial charge is 0.450 e. The van der Waals surface area contributed by atoms with Crippen LogP contribution >= 0.6 is 11.3 Å². The molecule has 1 aliphatic rings. The summed E-state index contributed by atoms with van der Waals surface area (Å²) >= 11 is 1.46. The predicted molar refractivity (Wildman–Crippen MR) is 105 cm³/mol. The number of piperidine rings is 1. The number of nitrogens with one attached hydrogen (secondary N) is 1. The zero-order valence-corrected chi connectivity index (χ0v) is 16.6. The van der Waals surface area contributed by atoms with Crippen molar-refractivity contribution < 1.29 is 14.3 Å². The molecule has 27 heavy (non-hydrogen) atoms. The Labute approximate surface area is 163 Å². The van der Waals surface area contributed by atoms with Gasteiger partial charge < -0.3 is 15.0 Å². The van der Waals surface area contributed by atoms with Crippen molar-refractivity contribution in [3.8, 4) is 0 Å². The molecule has 1 aromatic heterocycles. The van der Waals surface area contributed by atoms with Crippen molar-refractivity contribution in [1.29, 1.82) is 0 Å². The zero-order valence-electron chi connectivity index (χ0n) is 15.7. The van der Waals surface area contributed by atoms with E-state index in [9.17, 15) is 9.59 Å². The van der Waals surface area contributed by atoms with Gasteiger partial charge in [0, 0.05) is 25.6 Å². The highest BCUT2D eigenvalue weighted by Crippen LogP contribution is 2.22. The van der Waals surface area contributed by atoms with Gasteiger partial charge in [0.2, 0.25) is 0 Å². The molecule has 0 atom stereocenters. The van der Waals surface area contributed by atoms with Crippen LogP contribution in [0.3, 0.4) is 0 Å². The minimum Gasteiger partial charge on any atom is -0.450 e. The molecule has 0 aliphatic carbocycles. The molecular formula is C20H25N3O3S. The number of nitrogens with zero attached hydrogens (tertiary/aromatic N) is 2. The first-order chi connectivity index (χ1) is 13.1. The van der Waals surface area contributed by atoms with Crippen LogP contribution in [0.5, 0.6) is 0 Å². The van der Waals surface area contributed by atoms with Gasteiger partial charge in [0.25, 0.3) is 5.91 Å². The number of ether oxygens (including phenoxy) is 1. The van der Waals surface area contributed by atoms with Gasteiger partial charge in [-0.3, -0.25) is 4.79 Å². The molecule has 1 saturated heterocycles. The Hall–Kier alpha value is -2.41. The minimum atomic E-state index is -0.272. The van der Waals surface area contributed by atoms with Gasteiger partial charge in [-0.15, -0.1) is 11.3 Å². The molecule has 0 bridgehead atoms. The van der Waals surface area contributed by atoms with Crippen LogP contribution in [0.25, 0.3) is 0 Å². The number of hydrogen-bond donors (Lipinski definition) is 1. The number of benzene rings is 1. The van der Waals surface area contributed by atoms with Gasteiger partial charge in [0.1, 0.15) is 4.88 Å². The van der Waals surface area contributed by atoms with Gasteiger partial charge in [-0.05, 0) is 32.3 Å². The summed E-state index contributed by atoms with van der Waals surface area (Å²) in [5.74, 6) is -0.0705. The molecule has 7 heteroatoms. The second-order valence-electron chi connectivity index (χ2n) is 6.62. The second kappa shape index (κ2) is 8.99. The van der Waals surface area contributed by atoms with E-state index in [1.165, 1.54) is 16.9 Å². The Bertz CT molecular complexity index is 783. The van der Waals surface area contributed by atoms with Gasteiger partial charge in [0.15, 0.2) is 0 Å². The van der Waals surface area contributed by atoms with Gasteiger partial charge in [-0.1, -0.05) is 30.3 Å². The standard InChI is InChI=1S/C20H25N3O3S/c1-3-26-20(25)23-11-9-16(10-12-23)22-19(24)18-14(2)21-17(27-18)13-15-7-5-4-6-8-15/h4-8,16H,3,9-13H2,1-2H3,(H,22,24). The first-order valence-corrected chi connectivity index (χ1v) is 10.1. The molecule has 1 aliphatic heterocycles. The molecule has 1 aromatic carbocycles. The fourth-order valence-electron chi connectivity index (χ4n) is 3.18. The van der Waals surface area contributed by atoms with Crippen molar-refractivity contribution in [3.63, 3.8) is 0 Å². The summed E-state index contributed by atoms with van der Waals surface area (Å²) in [5, 5.41) is 4.04. The van der Waals surface area contributed by atoms with E-state index in [-0.39, 0.29) is 18.0 Å². The molecule has 2 amide bonds. The van der Waals surface area contributed by atoms with Crippen LogP contribution in [0.4, 0.5) is 4.79 Å². The molecule has 1 N–H and O–H groups in total. The summed E-state index contributed by atoms with van der Waals surface area (Å²) < 4.78 is 5.03. The highest BCUT2D eigenvalue weighted by Gasteiger charge is 2.26. The maximum Gasteiger partial charge on any atom is 0.409 e.